The number of methoxy groups -OCH3 is 1. The lowest BCUT2D eigenvalue weighted by Crippen LogP contribution is -2.30. The van der Waals surface area contributed by atoms with E-state index >= 15 is 0 Å². The molecule has 2 unspecified atom stereocenters. The molecule has 2 atom stereocenters. The van der Waals surface area contributed by atoms with Crippen molar-refractivity contribution in [3.63, 3.8) is 0 Å². The first-order valence-electron chi connectivity index (χ1n) is 16.4. The number of anilines is 1. The van der Waals surface area contributed by atoms with Crippen molar-refractivity contribution in [2.45, 2.75) is 67.1 Å². The highest BCUT2D eigenvalue weighted by atomic mass is 32.2. The highest BCUT2D eigenvalue weighted by molar-refractivity contribution is 7.86. The molecule has 0 saturated carbocycles. The van der Waals surface area contributed by atoms with E-state index in [1.54, 1.807) is 43.0 Å². The third kappa shape index (κ3) is 11.8. The van der Waals surface area contributed by atoms with E-state index in [9.17, 15) is 51.9 Å². The van der Waals surface area contributed by atoms with Crippen molar-refractivity contribution in [2.75, 3.05) is 49.9 Å². The van der Waals surface area contributed by atoms with Gasteiger partial charge in [-0.25, -0.2) is 0 Å². The predicted octanol–water partition coefficient (Wildman–Crippen LogP) is 4.52. The van der Waals surface area contributed by atoms with Crippen LogP contribution in [0.15, 0.2) is 82.3 Å². The zero-order valence-electron chi connectivity index (χ0n) is 29.9. The molecule has 2 aromatic carbocycles. The molecule has 296 valence electrons. The molecule has 0 bridgehead atoms. The van der Waals surface area contributed by atoms with Crippen LogP contribution in [-0.4, -0.2) is 96.9 Å². The van der Waals surface area contributed by atoms with Gasteiger partial charge in [0.1, 0.15) is 0 Å². The first-order chi connectivity index (χ1) is 24.3. The molecule has 1 heterocycles. The minimum absolute atomic E-state index is 0.0185. The fourth-order valence-electron chi connectivity index (χ4n) is 6.49. The molecule has 0 aromatic heterocycles. The van der Waals surface area contributed by atoms with Crippen molar-refractivity contribution in [3.8, 4) is 0 Å². The fraction of sp³-hybridized carbons (Fsp3) is 0.471. The largest absolute Gasteiger partial charge is 0.382 e. The van der Waals surface area contributed by atoms with Gasteiger partial charge >= 0.3 is 0 Å². The first kappa shape index (κ1) is 44.4. The van der Waals surface area contributed by atoms with Crippen LogP contribution in [0, 0.1) is 6.92 Å². The summed E-state index contributed by atoms with van der Waals surface area (Å²) in [5.74, 6) is -1.19. The van der Waals surface area contributed by atoms with Gasteiger partial charge in [-0.3, -0.25) is 18.2 Å². The second-order valence-corrected chi connectivity index (χ2v) is 19.2. The summed E-state index contributed by atoms with van der Waals surface area (Å²) in [4.78, 5) is 0.973. The Morgan fingerprint density at radius 1 is 0.868 bits per heavy atom. The topological polar surface area (TPSA) is 239 Å². The second-order valence-electron chi connectivity index (χ2n) is 13.2. The Bertz CT molecular complexity index is 2180. The van der Waals surface area contributed by atoms with Gasteiger partial charge in [0.2, 0.25) is 0 Å². The van der Waals surface area contributed by atoms with Gasteiger partial charge in [0, 0.05) is 42.5 Å². The number of hydrogen-bond acceptors (Lipinski definition) is 11. The SMILES string of the molecule is C=C(/C=C/C=C1/N(CCCS(=O)(=O)O)c2ccc(S(=O)(=O)O)cc2C1(C)CCCS(=O)(=O)O)C(C)(CCOCCOC)c1cc(S(=O)(=O)O)ccc1C. The summed E-state index contributed by atoms with van der Waals surface area (Å²) in [6, 6.07) is 8.09. The van der Waals surface area contributed by atoms with Crippen LogP contribution in [0.25, 0.3) is 0 Å². The highest BCUT2D eigenvalue weighted by Gasteiger charge is 2.44. The van der Waals surface area contributed by atoms with E-state index in [1.807, 2.05) is 6.92 Å². The Labute approximate surface area is 312 Å². The monoisotopic (exact) mass is 821 g/mol. The summed E-state index contributed by atoms with van der Waals surface area (Å²) >= 11 is 0. The average Bonchev–Trinajstić information content (AvgIpc) is 3.25. The number of nitrogens with zero attached hydrogens (tertiary/aromatic N) is 1. The number of hydrogen-bond donors (Lipinski definition) is 4. The smallest absolute Gasteiger partial charge is 0.294 e. The molecule has 0 saturated heterocycles. The zero-order valence-corrected chi connectivity index (χ0v) is 33.2. The summed E-state index contributed by atoms with van der Waals surface area (Å²) in [7, 11) is -16.4. The maximum absolute atomic E-state index is 12.2. The molecule has 53 heavy (non-hydrogen) atoms. The molecule has 1 aliphatic heterocycles. The number of allylic oxidation sites excluding steroid dienone is 5. The number of aryl methyl sites for hydroxylation is 1. The first-order valence-corrected chi connectivity index (χ1v) is 22.5. The summed E-state index contributed by atoms with van der Waals surface area (Å²) in [5, 5.41) is 0. The molecular formula is C34H47NO14S4. The quantitative estimate of drug-likeness (QED) is 0.0816. The normalized spacial score (nSPS) is 18.8. The van der Waals surface area contributed by atoms with Gasteiger partial charge in [-0.2, -0.15) is 33.7 Å². The molecule has 0 radical (unpaired) electrons. The van der Waals surface area contributed by atoms with E-state index in [1.165, 1.54) is 37.4 Å². The standard InChI is InChI=1S/C34H47NO14S4/c1-25-11-12-27(52(42,43)44)23-29(25)33(3,16-18-49-20-19-48-5)26(2)9-6-10-32-34(4,15-7-21-50(36,37)38)30-24-28(53(45,46)47)13-14-31(30)35(32)17-8-22-51(39,40)41/h6,9-14,23-24H,2,7-8,15-22H2,1,3-5H3,(H,36,37,38)(H,39,40,41)(H,42,43,44)(H,45,46,47)/b9-6+,32-10+. The van der Waals surface area contributed by atoms with Crippen molar-refractivity contribution in [1.29, 1.82) is 0 Å². The van der Waals surface area contributed by atoms with E-state index in [4.69, 9.17) is 9.47 Å². The van der Waals surface area contributed by atoms with E-state index in [-0.39, 0.29) is 37.3 Å². The third-order valence-electron chi connectivity index (χ3n) is 9.41. The van der Waals surface area contributed by atoms with E-state index in [2.05, 4.69) is 6.58 Å². The van der Waals surface area contributed by atoms with Crippen LogP contribution in [0.2, 0.25) is 0 Å². The van der Waals surface area contributed by atoms with Crippen LogP contribution in [0.3, 0.4) is 0 Å². The van der Waals surface area contributed by atoms with Crippen molar-refractivity contribution >= 4 is 46.2 Å². The van der Waals surface area contributed by atoms with E-state index in [0.29, 0.717) is 53.3 Å². The summed E-state index contributed by atoms with van der Waals surface area (Å²) < 4.78 is 144. The van der Waals surface area contributed by atoms with Crippen LogP contribution in [0.1, 0.15) is 56.2 Å². The van der Waals surface area contributed by atoms with Crippen molar-refractivity contribution in [1.82, 2.24) is 0 Å². The van der Waals surface area contributed by atoms with Crippen molar-refractivity contribution < 1.29 is 61.4 Å². The highest BCUT2D eigenvalue weighted by Crippen LogP contribution is 2.51. The van der Waals surface area contributed by atoms with E-state index in [0.717, 1.165) is 0 Å². The Balaban J connectivity index is 2.19. The van der Waals surface area contributed by atoms with Gasteiger partial charge in [-0.15, -0.1) is 0 Å². The van der Waals surface area contributed by atoms with Gasteiger partial charge in [-0.1, -0.05) is 31.7 Å². The van der Waals surface area contributed by atoms with Crippen molar-refractivity contribution in [3.05, 3.63) is 89.2 Å². The lowest BCUT2D eigenvalue weighted by atomic mass is 9.72. The zero-order chi connectivity index (χ0) is 40.0. The molecule has 1 aliphatic rings. The number of benzene rings is 2. The molecule has 0 spiro atoms. The van der Waals surface area contributed by atoms with E-state index < -0.39 is 67.7 Å². The molecule has 0 fully saturated rings. The summed E-state index contributed by atoms with van der Waals surface area (Å²) in [6.45, 7) is 10.5. The van der Waals surface area contributed by atoms with Gasteiger partial charge < -0.3 is 14.4 Å². The molecule has 0 amide bonds. The maximum atomic E-state index is 12.2. The van der Waals surface area contributed by atoms with Crippen LogP contribution in [0.4, 0.5) is 5.69 Å². The summed E-state index contributed by atoms with van der Waals surface area (Å²) in [5.41, 5.74) is 0.951. The molecule has 15 nitrogen and oxygen atoms in total. The number of fused-ring (bicyclic) bond motifs is 1. The summed E-state index contributed by atoms with van der Waals surface area (Å²) in [6.07, 6.45) is 5.22. The Hall–Kier alpha value is -2.98. The van der Waals surface area contributed by atoms with Crippen LogP contribution in [0.5, 0.6) is 0 Å². The second kappa shape index (κ2) is 17.2. The lowest BCUT2D eigenvalue weighted by Gasteiger charge is -2.33. The van der Waals surface area contributed by atoms with Crippen LogP contribution < -0.4 is 4.90 Å². The van der Waals surface area contributed by atoms with Crippen LogP contribution >= 0.6 is 0 Å². The van der Waals surface area contributed by atoms with Gasteiger partial charge in [-0.05, 0) is 98.2 Å². The van der Waals surface area contributed by atoms with Crippen molar-refractivity contribution in [2.24, 2.45) is 0 Å². The molecule has 3 rings (SSSR count). The van der Waals surface area contributed by atoms with Gasteiger partial charge in [0.05, 0.1) is 34.5 Å². The lowest BCUT2D eigenvalue weighted by molar-refractivity contribution is 0.0639. The Morgan fingerprint density at radius 3 is 2.04 bits per heavy atom. The minimum Gasteiger partial charge on any atom is -0.382 e. The molecule has 0 aliphatic carbocycles. The fourth-order valence-corrected chi connectivity index (χ4v) is 8.51. The third-order valence-corrected chi connectivity index (χ3v) is 12.7. The Morgan fingerprint density at radius 2 is 1.45 bits per heavy atom. The Kier molecular flexibility index (Phi) is 14.4. The molecule has 2 aromatic rings. The van der Waals surface area contributed by atoms with Gasteiger partial charge in [0.15, 0.2) is 0 Å². The van der Waals surface area contributed by atoms with Crippen LogP contribution in [-0.2, 0) is 60.8 Å². The molecule has 4 N–H and O–H groups in total. The molecule has 19 heteroatoms. The number of rotatable bonds is 20. The maximum Gasteiger partial charge on any atom is 0.294 e. The predicted molar refractivity (Wildman–Crippen MR) is 200 cm³/mol. The number of ether oxygens (including phenoxy) is 2. The average molecular weight is 822 g/mol. The minimum atomic E-state index is -4.67. The van der Waals surface area contributed by atoms with Gasteiger partial charge in [0.25, 0.3) is 40.5 Å². The molecular weight excluding hydrogens is 775 g/mol.